The summed E-state index contributed by atoms with van der Waals surface area (Å²) in [4.78, 5) is 19.1. The van der Waals surface area contributed by atoms with Gasteiger partial charge in [0.15, 0.2) is 0 Å². The van der Waals surface area contributed by atoms with E-state index >= 15 is 0 Å². The van der Waals surface area contributed by atoms with Crippen LogP contribution in [0.15, 0.2) is 21.6 Å². The first-order chi connectivity index (χ1) is 10.4. The Morgan fingerprint density at radius 2 is 2.05 bits per heavy atom. The van der Waals surface area contributed by atoms with Crippen molar-refractivity contribution in [3.63, 3.8) is 0 Å². The fourth-order valence-electron chi connectivity index (χ4n) is 2.30. The van der Waals surface area contributed by atoms with Gasteiger partial charge in [-0.15, -0.1) is 11.6 Å². The van der Waals surface area contributed by atoms with Crippen molar-refractivity contribution < 1.29 is 9.18 Å². The molecular formula is C14H17BrClFN4O. The van der Waals surface area contributed by atoms with Crippen molar-refractivity contribution >= 4 is 50.6 Å². The molecule has 0 aromatic heterocycles. The fraction of sp³-hybridized carbons (Fsp3) is 0.429. The number of aliphatic imine (C=N–C) groups is 1. The van der Waals surface area contributed by atoms with Crippen molar-refractivity contribution in [1.29, 1.82) is 0 Å². The number of halogens is 3. The van der Waals surface area contributed by atoms with E-state index in [1.165, 1.54) is 6.07 Å². The summed E-state index contributed by atoms with van der Waals surface area (Å²) in [6.45, 7) is 3.91. The minimum atomic E-state index is -0.374. The molecule has 0 unspecified atom stereocenters. The number of anilines is 1. The third-order valence-electron chi connectivity index (χ3n) is 3.48. The second-order valence-electron chi connectivity index (χ2n) is 4.98. The van der Waals surface area contributed by atoms with E-state index in [0.29, 0.717) is 42.0 Å². The number of carbonyl (C=O) groups is 1. The van der Waals surface area contributed by atoms with Gasteiger partial charge >= 0.3 is 0 Å². The van der Waals surface area contributed by atoms with E-state index < -0.39 is 0 Å². The highest BCUT2D eigenvalue weighted by Gasteiger charge is 2.21. The van der Waals surface area contributed by atoms with Gasteiger partial charge in [-0.1, -0.05) is 0 Å². The molecule has 2 N–H and O–H groups in total. The molecule has 1 saturated heterocycles. The van der Waals surface area contributed by atoms with Crippen molar-refractivity contribution in [2.75, 3.05) is 37.0 Å². The minimum absolute atomic E-state index is 0.0440. The van der Waals surface area contributed by atoms with Crippen molar-refractivity contribution in [2.24, 2.45) is 10.7 Å². The van der Waals surface area contributed by atoms with Crippen molar-refractivity contribution in [1.82, 2.24) is 4.90 Å². The van der Waals surface area contributed by atoms with Gasteiger partial charge in [0.2, 0.25) is 5.91 Å². The Labute approximate surface area is 142 Å². The molecular weight excluding hydrogens is 375 g/mol. The quantitative estimate of drug-likeness (QED) is 0.489. The zero-order valence-electron chi connectivity index (χ0n) is 12.2. The zero-order chi connectivity index (χ0) is 16.3. The molecule has 1 aromatic carbocycles. The molecule has 2 rings (SSSR count). The van der Waals surface area contributed by atoms with Crippen LogP contribution in [0.4, 0.5) is 15.8 Å². The lowest BCUT2D eigenvalue weighted by molar-refractivity contribution is -0.129. The highest BCUT2D eigenvalue weighted by Crippen LogP contribution is 2.33. The van der Waals surface area contributed by atoms with Crippen LogP contribution in [0.1, 0.15) is 6.92 Å². The Hall–Kier alpha value is -1.34. The van der Waals surface area contributed by atoms with Crippen LogP contribution in [0, 0.1) is 5.82 Å². The molecule has 1 fully saturated rings. The highest BCUT2D eigenvalue weighted by atomic mass is 79.9. The van der Waals surface area contributed by atoms with Crippen LogP contribution in [0.5, 0.6) is 0 Å². The average Bonchev–Trinajstić information content (AvgIpc) is 2.50. The van der Waals surface area contributed by atoms with Crippen LogP contribution < -0.4 is 10.6 Å². The Morgan fingerprint density at radius 1 is 1.41 bits per heavy atom. The second-order valence-corrected chi connectivity index (χ2v) is 6.11. The average molecular weight is 392 g/mol. The van der Waals surface area contributed by atoms with Crippen LogP contribution in [0.2, 0.25) is 0 Å². The first-order valence-corrected chi connectivity index (χ1v) is 8.13. The number of hydrogen-bond donors (Lipinski definition) is 1. The van der Waals surface area contributed by atoms with Gasteiger partial charge in [0.05, 0.1) is 17.3 Å². The topological polar surface area (TPSA) is 61.9 Å². The van der Waals surface area contributed by atoms with E-state index in [2.05, 4.69) is 20.9 Å². The van der Waals surface area contributed by atoms with Crippen LogP contribution >= 0.6 is 27.5 Å². The Morgan fingerprint density at radius 3 is 2.59 bits per heavy atom. The summed E-state index contributed by atoms with van der Waals surface area (Å²) in [7, 11) is 0. The van der Waals surface area contributed by atoms with Crippen molar-refractivity contribution in [3.05, 3.63) is 22.4 Å². The van der Waals surface area contributed by atoms with Gasteiger partial charge in [0.1, 0.15) is 11.7 Å². The number of amides is 1. The maximum Gasteiger partial charge on any atom is 0.219 e. The standard InChI is InChI=1S/C14H17BrClFN4O/c1-9(22)20-2-4-21(5-3-20)13-6-10(15)12(7-11(13)17)19-14(18)8-16/h6-7H,2-5,8H2,1H3,(H2,18,19). The van der Waals surface area contributed by atoms with E-state index in [9.17, 15) is 9.18 Å². The summed E-state index contributed by atoms with van der Waals surface area (Å²) in [6, 6.07) is 3.01. The highest BCUT2D eigenvalue weighted by molar-refractivity contribution is 9.10. The van der Waals surface area contributed by atoms with Gasteiger partial charge in [-0.25, -0.2) is 9.38 Å². The molecule has 0 radical (unpaired) electrons. The number of nitrogens with two attached hydrogens (primary N) is 1. The third-order valence-corrected chi connectivity index (χ3v) is 4.39. The smallest absolute Gasteiger partial charge is 0.219 e. The normalized spacial score (nSPS) is 16.1. The Kier molecular flexibility index (Phi) is 5.63. The maximum atomic E-state index is 14.3. The summed E-state index contributed by atoms with van der Waals surface area (Å²) >= 11 is 8.96. The first kappa shape index (κ1) is 17.0. The lowest BCUT2D eigenvalue weighted by Crippen LogP contribution is -2.48. The van der Waals surface area contributed by atoms with Crippen molar-refractivity contribution in [2.45, 2.75) is 6.92 Å². The number of rotatable bonds is 3. The number of nitrogens with zero attached hydrogens (tertiary/aromatic N) is 3. The summed E-state index contributed by atoms with van der Waals surface area (Å²) in [5, 5.41) is 0. The van der Waals surface area contributed by atoms with Crippen LogP contribution in [0.3, 0.4) is 0 Å². The molecule has 8 heteroatoms. The monoisotopic (exact) mass is 390 g/mol. The molecule has 0 atom stereocenters. The molecule has 1 aromatic rings. The van der Waals surface area contributed by atoms with Gasteiger partial charge in [0, 0.05) is 43.6 Å². The maximum absolute atomic E-state index is 14.3. The lowest BCUT2D eigenvalue weighted by atomic mass is 10.2. The molecule has 1 aliphatic heterocycles. The number of amidine groups is 1. The molecule has 0 bridgehead atoms. The predicted molar refractivity (Wildman–Crippen MR) is 90.6 cm³/mol. The first-order valence-electron chi connectivity index (χ1n) is 6.81. The fourth-order valence-corrected chi connectivity index (χ4v) is 2.78. The largest absolute Gasteiger partial charge is 0.386 e. The molecule has 5 nitrogen and oxygen atoms in total. The molecule has 1 heterocycles. The van der Waals surface area contributed by atoms with E-state index in [1.54, 1.807) is 17.9 Å². The van der Waals surface area contributed by atoms with E-state index in [1.807, 2.05) is 4.90 Å². The van der Waals surface area contributed by atoms with Gasteiger partial charge in [-0.05, 0) is 22.0 Å². The zero-order valence-corrected chi connectivity index (χ0v) is 14.5. The summed E-state index contributed by atoms with van der Waals surface area (Å²) in [5.41, 5.74) is 6.46. The number of carbonyl (C=O) groups excluding carboxylic acids is 1. The van der Waals surface area contributed by atoms with E-state index in [4.69, 9.17) is 17.3 Å². The number of benzene rings is 1. The van der Waals surface area contributed by atoms with Crippen LogP contribution in [-0.2, 0) is 4.79 Å². The molecule has 0 saturated carbocycles. The van der Waals surface area contributed by atoms with E-state index in [-0.39, 0.29) is 23.4 Å². The summed E-state index contributed by atoms with van der Waals surface area (Å²) < 4.78 is 15.0. The van der Waals surface area contributed by atoms with E-state index in [0.717, 1.165) is 0 Å². The molecule has 0 spiro atoms. The molecule has 22 heavy (non-hydrogen) atoms. The number of alkyl halides is 1. The minimum Gasteiger partial charge on any atom is -0.386 e. The lowest BCUT2D eigenvalue weighted by Gasteiger charge is -2.35. The number of piperazine rings is 1. The van der Waals surface area contributed by atoms with Crippen LogP contribution in [0.25, 0.3) is 0 Å². The predicted octanol–water partition coefficient (Wildman–Crippen LogP) is 2.48. The molecule has 0 aliphatic carbocycles. The van der Waals surface area contributed by atoms with Crippen LogP contribution in [-0.4, -0.2) is 48.7 Å². The molecule has 1 amide bonds. The van der Waals surface area contributed by atoms with Gasteiger partial charge in [0.25, 0.3) is 0 Å². The molecule has 1 aliphatic rings. The second kappa shape index (κ2) is 7.28. The number of hydrogen-bond acceptors (Lipinski definition) is 3. The third kappa shape index (κ3) is 3.89. The van der Waals surface area contributed by atoms with Gasteiger partial charge < -0.3 is 15.5 Å². The summed E-state index contributed by atoms with van der Waals surface area (Å²) in [6.07, 6.45) is 0. The SMILES string of the molecule is CC(=O)N1CCN(c2cc(Br)c(N=C(N)CCl)cc2F)CC1. The molecule has 120 valence electrons. The Bertz CT molecular complexity index is 603. The van der Waals surface area contributed by atoms with Gasteiger partial charge in [-0.3, -0.25) is 4.79 Å². The summed E-state index contributed by atoms with van der Waals surface area (Å²) in [5.74, 6) is -0.0178. The Balaban J connectivity index is 2.20. The van der Waals surface area contributed by atoms with Crippen molar-refractivity contribution in [3.8, 4) is 0 Å². The van der Waals surface area contributed by atoms with Gasteiger partial charge in [-0.2, -0.15) is 0 Å².